The molecule has 0 amide bonds. The van der Waals surface area contributed by atoms with Crippen molar-refractivity contribution in [1.29, 1.82) is 0 Å². The molecule has 0 aliphatic carbocycles. The van der Waals surface area contributed by atoms with Gasteiger partial charge in [0.15, 0.2) is 5.78 Å². The smallest absolute Gasteiger partial charge is 0.318 e. The van der Waals surface area contributed by atoms with Gasteiger partial charge in [0.05, 0.1) is 11.6 Å². The molecule has 0 aliphatic heterocycles. The van der Waals surface area contributed by atoms with Crippen LogP contribution in [0, 0.1) is 0 Å². The Kier molecular flexibility index (Phi) is 3.90. The fourth-order valence-electron chi connectivity index (χ4n) is 1.84. The van der Waals surface area contributed by atoms with Gasteiger partial charge in [-0.2, -0.15) is 13.2 Å². The Bertz CT molecular complexity index is 608. The molecule has 0 aliphatic rings. The minimum absolute atomic E-state index is 0.0452. The maximum absolute atomic E-state index is 12.6. The first-order chi connectivity index (χ1) is 9.39. The van der Waals surface area contributed by atoms with Crippen LogP contribution in [0.15, 0.2) is 54.6 Å². The van der Waals surface area contributed by atoms with Gasteiger partial charge in [-0.3, -0.25) is 4.79 Å². The SMILES string of the molecule is N[C@@H](C(=O)c1cccc(C(F)(F)F)c1)c1ccccc1. The van der Waals surface area contributed by atoms with Crippen LogP contribution in [0.3, 0.4) is 0 Å². The first-order valence-corrected chi connectivity index (χ1v) is 5.91. The minimum Gasteiger partial charge on any atom is -0.318 e. The Morgan fingerprint density at radius 2 is 1.65 bits per heavy atom. The van der Waals surface area contributed by atoms with Gasteiger partial charge in [-0.05, 0) is 17.7 Å². The molecule has 20 heavy (non-hydrogen) atoms. The first kappa shape index (κ1) is 14.3. The number of ketones is 1. The molecule has 0 bridgehead atoms. The lowest BCUT2D eigenvalue weighted by Crippen LogP contribution is -2.22. The molecule has 0 fully saturated rings. The van der Waals surface area contributed by atoms with Crippen LogP contribution in [0.25, 0.3) is 0 Å². The minimum atomic E-state index is -4.48. The first-order valence-electron chi connectivity index (χ1n) is 5.91. The Labute approximate surface area is 114 Å². The number of carbonyl (C=O) groups is 1. The molecular weight excluding hydrogens is 267 g/mol. The normalized spacial score (nSPS) is 13.0. The van der Waals surface area contributed by atoms with Crippen LogP contribution in [-0.4, -0.2) is 5.78 Å². The Balaban J connectivity index is 2.30. The molecule has 0 radical (unpaired) electrons. The van der Waals surface area contributed by atoms with E-state index in [2.05, 4.69) is 0 Å². The number of nitrogens with two attached hydrogens (primary N) is 1. The Morgan fingerprint density at radius 3 is 2.25 bits per heavy atom. The molecular formula is C15H12F3NO. The summed E-state index contributed by atoms with van der Waals surface area (Å²) in [4.78, 5) is 12.1. The zero-order valence-electron chi connectivity index (χ0n) is 10.4. The van der Waals surface area contributed by atoms with Gasteiger partial charge in [0, 0.05) is 5.56 Å². The highest BCUT2D eigenvalue weighted by atomic mass is 19.4. The molecule has 0 unspecified atom stereocenters. The monoisotopic (exact) mass is 279 g/mol. The van der Waals surface area contributed by atoms with Gasteiger partial charge in [0.25, 0.3) is 0 Å². The van der Waals surface area contributed by atoms with Crippen LogP contribution >= 0.6 is 0 Å². The second-order valence-corrected chi connectivity index (χ2v) is 4.33. The summed E-state index contributed by atoms with van der Waals surface area (Å²) in [5, 5.41) is 0. The van der Waals surface area contributed by atoms with E-state index < -0.39 is 23.6 Å². The van der Waals surface area contributed by atoms with E-state index in [0.717, 1.165) is 12.1 Å². The van der Waals surface area contributed by atoms with Gasteiger partial charge in [0.2, 0.25) is 0 Å². The van der Waals surface area contributed by atoms with Gasteiger partial charge in [-0.15, -0.1) is 0 Å². The third-order valence-corrected chi connectivity index (χ3v) is 2.92. The van der Waals surface area contributed by atoms with E-state index in [4.69, 9.17) is 5.73 Å². The van der Waals surface area contributed by atoms with Crippen molar-refractivity contribution in [2.45, 2.75) is 12.2 Å². The number of hydrogen-bond donors (Lipinski definition) is 1. The summed E-state index contributed by atoms with van der Waals surface area (Å²) in [6.07, 6.45) is -4.48. The van der Waals surface area contributed by atoms with Gasteiger partial charge < -0.3 is 5.73 Å². The molecule has 0 aromatic heterocycles. The summed E-state index contributed by atoms with van der Waals surface area (Å²) in [6.45, 7) is 0. The number of halogens is 3. The molecule has 0 saturated heterocycles. The van der Waals surface area contributed by atoms with Gasteiger partial charge in [-0.25, -0.2) is 0 Å². The van der Waals surface area contributed by atoms with E-state index in [1.807, 2.05) is 0 Å². The number of benzene rings is 2. The van der Waals surface area contributed by atoms with Crippen molar-refractivity contribution in [3.8, 4) is 0 Å². The summed E-state index contributed by atoms with van der Waals surface area (Å²) >= 11 is 0. The standard InChI is InChI=1S/C15H12F3NO/c16-15(17,18)12-8-4-7-11(9-12)14(20)13(19)10-5-2-1-3-6-10/h1-9,13H,19H2/t13-/m1/s1. The molecule has 2 aromatic rings. The topological polar surface area (TPSA) is 43.1 Å². The predicted octanol–water partition coefficient (Wildman–Crippen LogP) is 3.59. The van der Waals surface area contributed by atoms with Crippen LogP contribution < -0.4 is 5.73 Å². The van der Waals surface area contributed by atoms with Crippen molar-refractivity contribution >= 4 is 5.78 Å². The lowest BCUT2D eigenvalue weighted by molar-refractivity contribution is -0.137. The molecule has 2 N–H and O–H groups in total. The summed E-state index contributed by atoms with van der Waals surface area (Å²) in [7, 11) is 0. The van der Waals surface area contributed by atoms with Crippen molar-refractivity contribution in [3.05, 3.63) is 71.3 Å². The number of alkyl halides is 3. The van der Waals surface area contributed by atoms with Crippen molar-refractivity contribution in [3.63, 3.8) is 0 Å². The van der Waals surface area contributed by atoms with Crippen LogP contribution in [0.5, 0.6) is 0 Å². The molecule has 1 atom stereocenters. The number of rotatable bonds is 3. The zero-order valence-corrected chi connectivity index (χ0v) is 10.4. The maximum atomic E-state index is 12.6. The number of hydrogen-bond acceptors (Lipinski definition) is 2. The van der Waals surface area contributed by atoms with E-state index in [-0.39, 0.29) is 5.56 Å². The van der Waals surface area contributed by atoms with E-state index in [1.54, 1.807) is 30.3 Å². The fraction of sp³-hybridized carbons (Fsp3) is 0.133. The van der Waals surface area contributed by atoms with Crippen molar-refractivity contribution < 1.29 is 18.0 Å². The van der Waals surface area contributed by atoms with E-state index in [0.29, 0.717) is 5.56 Å². The lowest BCUT2D eigenvalue weighted by Gasteiger charge is -2.12. The fourth-order valence-corrected chi connectivity index (χ4v) is 1.84. The van der Waals surface area contributed by atoms with E-state index in [1.165, 1.54) is 12.1 Å². The van der Waals surface area contributed by atoms with Gasteiger partial charge >= 0.3 is 6.18 Å². The van der Waals surface area contributed by atoms with E-state index >= 15 is 0 Å². The largest absolute Gasteiger partial charge is 0.416 e. The third kappa shape index (κ3) is 3.05. The van der Waals surface area contributed by atoms with Crippen LogP contribution in [0.2, 0.25) is 0 Å². The molecule has 0 heterocycles. The summed E-state index contributed by atoms with van der Waals surface area (Å²) < 4.78 is 37.8. The Hall–Kier alpha value is -2.14. The zero-order chi connectivity index (χ0) is 14.8. The van der Waals surface area contributed by atoms with Crippen molar-refractivity contribution in [2.24, 2.45) is 5.73 Å². The average molecular weight is 279 g/mol. The lowest BCUT2D eigenvalue weighted by atomic mass is 9.97. The highest BCUT2D eigenvalue weighted by molar-refractivity contribution is 6.00. The third-order valence-electron chi connectivity index (χ3n) is 2.92. The highest BCUT2D eigenvalue weighted by Gasteiger charge is 2.31. The average Bonchev–Trinajstić information content (AvgIpc) is 2.46. The van der Waals surface area contributed by atoms with Gasteiger partial charge in [0.1, 0.15) is 0 Å². The molecule has 0 spiro atoms. The van der Waals surface area contributed by atoms with Crippen LogP contribution in [-0.2, 0) is 6.18 Å². The maximum Gasteiger partial charge on any atom is 0.416 e. The number of carbonyl (C=O) groups excluding carboxylic acids is 1. The second kappa shape index (κ2) is 5.46. The molecule has 2 nitrogen and oxygen atoms in total. The highest BCUT2D eigenvalue weighted by Crippen LogP contribution is 2.30. The van der Waals surface area contributed by atoms with E-state index in [9.17, 15) is 18.0 Å². The molecule has 104 valence electrons. The summed E-state index contributed by atoms with van der Waals surface area (Å²) in [5.74, 6) is -0.540. The molecule has 0 saturated carbocycles. The second-order valence-electron chi connectivity index (χ2n) is 4.33. The number of Topliss-reactive ketones (excluding diaryl/α,β-unsaturated/α-hetero) is 1. The van der Waals surface area contributed by atoms with Crippen LogP contribution in [0.1, 0.15) is 27.5 Å². The predicted molar refractivity (Wildman–Crippen MR) is 69.1 cm³/mol. The summed E-state index contributed by atoms with van der Waals surface area (Å²) in [5.41, 5.74) is 5.46. The van der Waals surface area contributed by atoms with Gasteiger partial charge in [-0.1, -0.05) is 42.5 Å². The molecule has 2 rings (SSSR count). The summed E-state index contributed by atoms with van der Waals surface area (Å²) in [6, 6.07) is 11.8. The molecule has 2 aromatic carbocycles. The molecule has 5 heteroatoms. The Morgan fingerprint density at radius 1 is 1.00 bits per heavy atom. The quantitative estimate of drug-likeness (QED) is 0.872. The van der Waals surface area contributed by atoms with Crippen LogP contribution in [0.4, 0.5) is 13.2 Å². The van der Waals surface area contributed by atoms with Crippen molar-refractivity contribution in [1.82, 2.24) is 0 Å². The van der Waals surface area contributed by atoms with Crippen molar-refractivity contribution in [2.75, 3.05) is 0 Å².